The number of Topliss-reactive ketones (excluding diaryl/α,β-unsaturated/α-hetero) is 1. The van der Waals surface area contributed by atoms with Gasteiger partial charge in [0.25, 0.3) is 0 Å². The standard InChI is InChI=1S/C9H13NO2/c1-6-2-7(3-6)10-5-8(11)4-9(10)12/h6-7H,2-5H2,1H3. The molecule has 0 spiro atoms. The molecule has 2 aliphatic rings. The molecule has 1 saturated carbocycles. The summed E-state index contributed by atoms with van der Waals surface area (Å²) >= 11 is 0. The third-order valence-corrected chi connectivity index (χ3v) is 2.81. The summed E-state index contributed by atoms with van der Waals surface area (Å²) < 4.78 is 0. The summed E-state index contributed by atoms with van der Waals surface area (Å²) in [6, 6.07) is 0.374. The number of amides is 1. The third-order valence-electron chi connectivity index (χ3n) is 2.81. The van der Waals surface area contributed by atoms with Crippen molar-refractivity contribution in [3.8, 4) is 0 Å². The molecular weight excluding hydrogens is 154 g/mol. The first kappa shape index (κ1) is 7.77. The van der Waals surface area contributed by atoms with Crippen LogP contribution in [0, 0.1) is 5.92 Å². The fourth-order valence-electron chi connectivity index (χ4n) is 2.05. The van der Waals surface area contributed by atoms with Gasteiger partial charge in [0, 0.05) is 6.04 Å². The molecule has 1 aliphatic carbocycles. The molecule has 1 amide bonds. The minimum Gasteiger partial charge on any atom is -0.332 e. The van der Waals surface area contributed by atoms with Gasteiger partial charge < -0.3 is 4.90 Å². The molecule has 1 heterocycles. The Hall–Kier alpha value is -0.860. The van der Waals surface area contributed by atoms with Gasteiger partial charge in [-0.1, -0.05) is 6.92 Å². The summed E-state index contributed by atoms with van der Waals surface area (Å²) in [4.78, 5) is 23.9. The highest BCUT2D eigenvalue weighted by atomic mass is 16.2. The molecule has 2 fully saturated rings. The maximum Gasteiger partial charge on any atom is 0.230 e. The van der Waals surface area contributed by atoms with Gasteiger partial charge in [-0.25, -0.2) is 0 Å². The predicted molar refractivity (Wildman–Crippen MR) is 43.5 cm³/mol. The normalized spacial score (nSPS) is 35.6. The van der Waals surface area contributed by atoms with Crippen molar-refractivity contribution in [3.05, 3.63) is 0 Å². The zero-order chi connectivity index (χ0) is 8.72. The van der Waals surface area contributed by atoms with Crippen molar-refractivity contribution >= 4 is 11.7 Å². The Balaban J connectivity index is 1.97. The largest absolute Gasteiger partial charge is 0.332 e. The second-order valence-corrected chi connectivity index (χ2v) is 3.97. The van der Waals surface area contributed by atoms with Gasteiger partial charge in [0.05, 0.1) is 13.0 Å². The van der Waals surface area contributed by atoms with E-state index in [1.807, 2.05) is 0 Å². The van der Waals surface area contributed by atoms with Gasteiger partial charge in [0.1, 0.15) is 0 Å². The molecule has 0 unspecified atom stereocenters. The molecular formula is C9H13NO2. The third kappa shape index (κ3) is 1.13. The van der Waals surface area contributed by atoms with Crippen LogP contribution in [0.2, 0.25) is 0 Å². The monoisotopic (exact) mass is 167 g/mol. The van der Waals surface area contributed by atoms with Crippen LogP contribution in [0.5, 0.6) is 0 Å². The first-order valence-electron chi connectivity index (χ1n) is 4.48. The molecule has 0 aromatic heterocycles. The second-order valence-electron chi connectivity index (χ2n) is 3.97. The molecule has 0 bridgehead atoms. The summed E-state index contributed by atoms with van der Waals surface area (Å²) in [5.74, 6) is 0.856. The van der Waals surface area contributed by atoms with Gasteiger partial charge in [-0.2, -0.15) is 0 Å². The first-order valence-corrected chi connectivity index (χ1v) is 4.48. The minimum atomic E-state index is 0.0388. The number of likely N-dealkylation sites (tertiary alicyclic amines) is 1. The molecule has 0 aromatic rings. The molecule has 0 N–H and O–H groups in total. The summed E-state index contributed by atoms with van der Waals surface area (Å²) in [5, 5.41) is 0. The van der Waals surface area contributed by atoms with Crippen molar-refractivity contribution in [3.63, 3.8) is 0 Å². The van der Waals surface area contributed by atoms with E-state index in [1.165, 1.54) is 0 Å². The van der Waals surface area contributed by atoms with E-state index >= 15 is 0 Å². The average Bonchev–Trinajstić information content (AvgIpc) is 2.23. The summed E-state index contributed by atoms with van der Waals surface area (Å²) in [7, 11) is 0. The number of ketones is 1. The van der Waals surface area contributed by atoms with Crippen LogP contribution in [0.15, 0.2) is 0 Å². The van der Waals surface area contributed by atoms with Crippen molar-refractivity contribution in [2.45, 2.75) is 32.2 Å². The number of nitrogens with zero attached hydrogens (tertiary/aromatic N) is 1. The fraction of sp³-hybridized carbons (Fsp3) is 0.778. The van der Waals surface area contributed by atoms with Crippen molar-refractivity contribution in [2.75, 3.05) is 6.54 Å². The predicted octanol–water partition coefficient (Wildman–Crippen LogP) is 0.586. The molecule has 12 heavy (non-hydrogen) atoms. The van der Waals surface area contributed by atoms with Gasteiger partial charge in [0.2, 0.25) is 5.91 Å². The van der Waals surface area contributed by atoms with Crippen molar-refractivity contribution < 1.29 is 9.59 Å². The average molecular weight is 167 g/mol. The molecule has 1 aliphatic heterocycles. The lowest BCUT2D eigenvalue weighted by molar-refractivity contribution is -0.131. The molecule has 2 rings (SSSR count). The van der Waals surface area contributed by atoms with Crippen LogP contribution in [-0.4, -0.2) is 29.2 Å². The van der Waals surface area contributed by atoms with E-state index in [1.54, 1.807) is 4.90 Å². The minimum absolute atomic E-state index is 0.0388. The Labute approximate surface area is 71.7 Å². The Kier molecular flexibility index (Phi) is 1.67. The maximum absolute atomic E-state index is 11.2. The molecule has 3 nitrogen and oxygen atoms in total. The van der Waals surface area contributed by atoms with Crippen molar-refractivity contribution in [1.29, 1.82) is 0 Å². The quantitative estimate of drug-likeness (QED) is 0.536. The van der Waals surface area contributed by atoms with E-state index in [9.17, 15) is 9.59 Å². The summed E-state index contributed by atoms with van der Waals surface area (Å²) in [6.45, 7) is 2.55. The number of carbonyl (C=O) groups is 2. The molecule has 66 valence electrons. The van der Waals surface area contributed by atoms with Crippen LogP contribution in [0.3, 0.4) is 0 Å². The summed E-state index contributed by atoms with van der Waals surface area (Å²) in [5.41, 5.74) is 0. The zero-order valence-electron chi connectivity index (χ0n) is 7.25. The van der Waals surface area contributed by atoms with E-state index in [2.05, 4.69) is 6.92 Å². The van der Waals surface area contributed by atoms with Crippen LogP contribution in [0.4, 0.5) is 0 Å². The van der Waals surface area contributed by atoms with Crippen LogP contribution in [-0.2, 0) is 9.59 Å². The van der Waals surface area contributed by atoms with E-state index in [-0.39, 0.29) is 18.1 Å². The Bertz CT molecular complexity index is 231. The van der Waals surface area contributed by atoms with Gasteiger partial charge >= 0.3 is 0 Å². The van der Waals surface area contributed by atoms with Crippen molar-refractivity contribution in [2.24, 2.45) is 5.92 Å². The molecule has 1 saturated heterocycles. The van der Waals surface area contributed by atoms with Gasteiger partial charge in [-0.15, -0.1) is 0 Å². The van der Waals surface area contributed by atoms with Crippen LogP contribution >= 0.6 is 0 Å². The Morgan fingerprint density at radius 1 is 1.33 bits per heavy atom. The van der Waals surface area contributed by atoms with E-state index in [0.29, 0.717) is 12.6 Å². The highest BCUT2D eigenvalue weighted by Crippen LogP contribution is 2.32. The second kappa shape index (κ2) is 2.57. The lowest BCUT2D eigenvalue weighted by atomic mass is 9.81. The highest BCUT2D eigenvalue weighted by Gasteiger charge is 2.38. The van der Waals surface area contributed by atoms with Gasteiger partial charge in [-0.05, 0) is 18.8 Å². The zero-order valence-corrected chi connectivity index (χ0v) is 7.25. The lowest BCUT2D eigenvalue weighted by Crippen LogP contribution is -2.44. The Morgan fingerprint density at radius 2 is 2.00 bits per heavy atom. The fourth-order valence-corrected chi connectivity index (χ4v) is 2.05. The maximum atomic E-state index is 11.2. The Morgan fingerprint density at radius 3 is 2.42 bits per heavy atom. The van der Waals surface area contributed by atoms with Crippen molar-refractivity contribution in [1.82, 2.24) is 4.90 Å². The van der Waals surface area contributed by atoms with Crippen LogP contribution in [0.1, 0.15) is 26.2 Å². The molecule has 0 atom stereocenters. The molecule has 0 radical (unpaired) electrons. The number of hydrogen-bond acceptors (Lipinski definition) is 2. The smallest absolute Gasteiger partial charge is 0.230 e. The molecule has 3 heteroatoms. The van der Waals surface area contributed by atoms with Gasteiger partial charge in [-0.3, -0.25) is 9.59 Å². The van der Waals surface area contributed by atoms with E-state index in [0.717, 1.165) is 18.8 Å². The number of carbonyl (C=O) groups excluding carboxylic acids is 2. The summed E-state index contributed by atoms with van der Waals surface area (Å²) in [6.07, 6.45) is 2.31. The number of rotatable bonds is 1. The number of hydrogen-bond donors (Lipinski definition) is 0. The molecule has 0 aromatic carbocycles. The van der Waals surface area contributed by atoms with Crippen LogP contribution < -0.4 is 0 Å². The lowest BCUT2D eigenvalue weighted by Gasteiger charge is -2.39. The van der Waals surface area contributed by atoms with E-state index in [4.69, 9.17) is 0 Å². The first-order chi connectivity index (χ1) is 5.66. The van der Waals surface area contributed by atoms with E-state index < -0.39 is 0 Å². The topological polar surface area (TPSA) is 37.4 Å². The van der Waals surface area contributed by atoms with Crippen LogP contribution in [0.25, 0.3) is 0 Å². The van der Waals surface area contributed by atoms with Gasteiger partial charge in [0.15, 0.2) is 5.78 Å². The SMILES string of the molecule is CC1CC(N2CC(=O)CC2=O)C1. The highest BCUT2D eigenvalue weighted by molar-refractivity contribution is 6.05.